The van der Waals surface area contributed by atoms with Gasteiger partial charge in [-0.3, -0.25) is 14.7 Å². The normalized spacial score (nSPS) is 23.4. The number of nitrogens with zero attached hydrogens (tertiary/aromatic N) is 2. The maximum Gasteiger partial charge on any atom is 0.325 e. The van der Waals surface area contributed by atoms with Crippen molar-refractivity contribution >= 4 is 17.9 Å². The van der Waals surface area contributed by atoms with E-state index in [1.54, 1.807) is 6.92 Å². The zero-order valence-corrected chi connectivity index (χ0v) is 12.7. The summed E-state index contributed by atoms with van der Waals surface area (Å²) in [7, 11) is 0. The summed E-state index contributed by atoms with van der Waals surface area (Å²) in [5.74, 6) is 0.220. The maximum atomic E-state index is 12.1. The van der Waals surface area contributed by atoms with Gasteiger partial charge in [-0.05, 0) is 33.6 Å². The van der Waals surface area contributed by atoms with Crippen LogP contribution in [0.25, 0.3) is 0 Å². The number of amides is 3. The molecule has 1 fully saturated rings. The molecule has 0 radical (unpaired) electrons. The second-order valence-corrected chi connectivity index (χ2v) is 5.49. The minimum absolute atomic E-state index is 0.165. The van der Waals surface area contributed by atoms with E-state index in [9.17, 15) is 9.59 Å². The smallest absolute Gasteiger partial charge is 0.325 e. The first-order valence-electron chi connectivity index (χ1n) is 7.00. The second-order valence-electron chi connectivity index (χ2n) is 5.49. The van der Waals surface area contributed by atoms with Crippen molar-refractivity contribution in [3.63, 3.8) is 0 Å². The number of aliphatic imine (C=N–C) groups is 1. The van der Waals surface area contributed by atoms with E-state index in [-0.39, 0.29) is 18.0 Å². The van der Waals surface area contributed by atoms with Crippen LogP contribution in [0.2, 0.25) is 0 Å². The lowest BCUT2D eigenvalue weighted by Gasteiger charge is -2.19. The molecule has 3 amide bonds. The highest BCUT2D eigenvalue weighted by atomic mass is 16.2. The molecule has 1 rings (SSSR count). The van der Waals surface area contributed by atoms with Gasteiger partial charge in [0, 0.05) is 19.1 Å². The predicted octanol–water partition coefficient (Wildman–Crippen LogP) is 0.410. The third-order valence-electron chi connectivity index (χ3n) is 3.31. The van der Waals surface area contributed by atoms with E-state index in [0.717, 1.165) is 0 Å². The van der Waals surface area contributed by atoms with Gasteiger partial charge in [-0.2, -0.15) is 0 Å². The molecule has 0 bridgehead atoms. The Balaban J connectivity index is 2.43. The van der Waals surface area contributed by atoms with Gasteiger partial charge in [0.05, 0.1) is 0 Å². The van der Waals surface area contributed by atoms with Crippen LogP contribution in [-0.4, -0.2) is 47.5 Å². The summed E-state index contributed by atoms with van der Waals surface area (Å²) >= 11 is 0. The first-order valence-corrected chi connectivity index (χ1v) is 7.00. The van der Waals surface area contributed by atoms with Crippen LogP contribution in [0.4, 0.5) is 4.79 Å². The van der Waals surface area contributed by atoms with Gasteiger partial charge in [0.2, 0.25) is 0 Å². The Hall–Kier alpha value is -1.79. The number of rotatable bonds is 6. The zero-order chi connectivity index (χ0) is 15.3. The van der Waals surface area contributed by atoms with Crippen LogP contribution >= 0.6 is 0 Å². The fraction of sp³-hybridized carbons (Fsp3) is 0.769. The molecule has 0 spiro atoms. The number of urea groups is 1. The largest absolute Gasteiger partial charge is 0.370 e. The molecule has 1 aliphatic rings. The van der Waals surface area contributed by atoms with Gasteiger partial charge in [-0.15, -0.1) is 0 Å². The molecular weight excluding hydrogens is 258 g/mol. The van der Waals surface area contributed by atoms with Crippen molar-refractivity contribution in [2.45, 2.75) is 52.1 Å². The third-order valence-corrected chi connectivity index (χ3v) is 3.31. The molecular formula is C13H25N5O2. The Bertz CT molecular complexity index is 408. The van der Waals surface area contributed by atoms with Gasteiger partial charge in [-0.25, -0.2) is 4.79 Å². The van der Waals surface area contributed by atoms with Crippen LogP contribution in [0, 0.1) is 0 Å². The standard InChI is InChI=1S/C13H25N5O2/c1-5-13(4)10(19)18(12(20)17-13)8-6-7-15-11(14)16-9(2)3/h9H,5-8H2,1-4H3,(H,17,20)(H3,14,15,16). The van der Waals surface area contributed by atoms with Crippen LogP contribution < -0.4 is 16.4 Å². The van der Waals surface area contributed by atoms with E-state index in [2.05, 4.69) is 15.6 Å². The lowest BCUT2D eigenvalue weighted by atomic mass is 9.99. The monoisotopic (exact) mass is 283 g/mol. The van der Waals surface area contributed by atoms with E-state index in [0.29, 0.717) is 31.9 Å². The summed E-state index contributed by atoms with van der Waals surface area (Å²) in [6.07, 6.45) is 1.18. The molecule has 0 aromatic heterocycles. The topological polar surface area (TPSA) is 99.8 Å². The minimum atomic E-state index is -0.765. The second kappa shape index (κ2) is 6.58. The fourth-order valence-corrected chi connectivity index (χ4v) is 1.96. The summed E-state index contributed by atoms with van der Waals surface area (Å²) in [6, 6.07) is -0.0912. The number of imide groups is 1. The average molecular weight is 283 g/mol. The first-order chi connectivity index (χ1) is 9.30. The van der Waals surface area contributed by atoms with Gasteiger partial charge < -0.3 is 16.4 Å². The molecule has 0 aromatic carbocycles. The van der Waals surface area contributed by atoms with Crippen LogP contribution in [0.1, 0.15) is 40.5 Å². The van der Waals surface area contributed by atoms with Gasteiger partial charge in [0.25, 0.3) is 5.91 Å². The van der Waals surface area contributed by atoms with Gasteiger partial charge >= 0.3 is 6.03 Å². The van der Waals surface area contributed by atoms with Gasteiger partial charge in [0.1, 0.15) is 5.54 Å². The number of nitrogens with one attached hydrogen (secondary N) is 2. The number of hydrogen-bond donors (Lipinski definition) is 3. The number of hydrogen-bond acceptors (Lipinski definition) is 3. The molecule has 0 aromatic rings. The van der Waals surface area contributed by atoms with Crippen molar-refractivity contribution in [2.24, 2.45) is 10.7 Å². The van der Waals surface area contributed by atoms with Crippen molar-refractivity contribution in [2.75, 3.05) is 13.1 Å². The van der Waals surface area contributed by atoms with Crippen LogP contribution in [0.3, 0.4) is 0 Å². The molecule has 20 heavy (non-hydrogen) atoms. The highest BCUT2D eigenvalue weighted by molar-refractivity contribution is 6.06. The zero-order valence-electron chi connectivity index (χ0n) is 12.7. The third kappa shape index (κ3) is 3.85. The van der Waals surface area contributed by atoms with Crippen molar-refractivity contribution in [1.29, 1.82) is 0 Å². The van der Waals surface area contributed by atoms with Crippen molar-refractivity contribution in [1.82, 2.24) is 15.5 Å². The van der Waals surface area contributed by atoms with Gasteiger partial charge in [0.15, 0.2) is 5.96 Å². The molecule has 114 valence electrons. The highest BCUT2D eigenvalue weighted by Crippen LogP contribution is 2.20. The van der Waals surface area contributed by atoms with Crippen molar-refractivity contribution in [3.8, 4) is 0 Å². The number of nitrogens with two attached hydrogens (primary N) is 1. The Morgan fingerprint density at radius 1 is 1.50 bits per heavy atom. The molecule has 1 saturated heterocycles. The molecule has 0 saturated carbocycles. The van der Waals surface area contributed by atoms with Crippen LogP contribution in [-0.2, 0) is 4.79 Å². The first kappa shape index (κ1) is 16.3. The quantitative estimate of drug-likeness (QED) is 0.284. The Morgan fingerprint density at radius 3 is 2.65 bits per heavy atom. The molecule has 4 N–H and O–H groups in total. The molecule has 1 unspecified atom stereocenters. The van der Waals surface area contributed by atoms with E-state index in [1.807, 2.05) is 20.8 Å². The van der Waals surface area contributed by atoms with Crippen molar-refractivity contribution in [3.05, 3.63) is 0 Å². The fourth-order valence-electron chi connectivity index (χ4n) is 1.96. The van der Waals surface area contributed by atoms with Crippen molar-refractivity contribution < 1.29 is 9.59 Å². The molecule has 1 heterocycles. The van der Waals surface area contributed by atoms with Crippen LogP contribution in [0.15, 0.2) is 4.99 Å². The number of carbonyl (C=O) groups excluding carboxylic acids is 2. The molecule has 7 nitrogen and oxygen atoms in total. The minimum Gasteiger partial charge on any atom is -0.370 e. The lowest BCUT2D eigenvalue weighted by molar-refractivity contribution is -0.130. The molecule has 0 aliphatic carbocycles. The Kier molecular flexibility index (Phi) is 5.35. The maximum absolute atomic E-state index is 12.1. The molecule has 7 heteroatoms. The summed E-state index contributed by atoms with van der Waals surface area (Å²) in [6.45, 7) is 8.41. The lowest BCUT2D eigenvalue weighted by Crippen LogP contribution is -2.43. The summed E-state index contributed by atoms with van der Waals surface area (Å²) in [5.41, 5.74) is 4.90. The number of carbonyl (C=O) groups is 2. The number of guanidine groups is 1. The van der Waals surface area contributed by atoms with E-state index in [4.69, 9.17) is 5.73 Å². The van der Waals surface area contributed by atoms with E-state index < -0.39 is 5.54 Å². The van der Waals surface area contributed by atoms with E-state index in [1.165, 1.54) is 4.90 Å². The Morgan fingerprint density at radius 2 is 2.15 bits per heavy atom. The summed E-state index contributed by atoms with van der Waals surface area (Å²) < 4.78 is 0. The van der Waals surface area contributed by atoms with Gasteiger partial charge in [-0.1, -0.05) is 6.92 Å². The molecule has 1 atom stereocenters. The van der Waals surface area contributed by atoms with Crippen LogP contribution in [0.5, 0.6) is 0 Å². The SMILES string of the molecule is CCC1(C)NC(=O)N(CCCN=C(N)NC(C)C)C1=O. The highest BCUT2D eigenvalue weighted by Gasteiger charge is 2.45. The Labute approximate surface area is 120 Å². The summed E-state index contributed by atoms with van der Waals surface area (Å²) in [5, 5.41) is 5.70. The molecule has 1 aliphatic heterocycles. The summed E-state index contributed by atoms with van der Waals surface area (Å²) in [4.78, 5) is 29.3. The van der Waals surface area contributed by atoms with E-state index >= 15 is 0 Å². The predicted molar refractivity (Wildman–Crippen MR) is 78.3 cm³/mol. The average Bonchev–Trinajstić information content (AvgIpc) is 2.57.